The summed E-state index contributed by atoms with van der Waals surface area (Å²) in [4.78, 5) is 26.4. The van der Waals surface area contributed by atoms with Crippen LogP contribution in [-0.4, -0.2) is 29.7 Å². The zero-order valence-corrected chi connectivity index (χ0v) is 17.3. The van der Waals surface area contributed by atoms with Crippen LogP contribution in [0.2, 0.25) is 0 Å². The van der Waals surface area contributed by atoms with Crippen LogP contribution in [0.15, 0.2) is 35.4 Å². The van der Waals surface area contributed by atoms with Gasteiger partial charge in [-0.3, -0.25) is 14.5 Å². The average molecular weight is 426 g/mol. The number of hydrogen-bond acceptors (Lipinski definition) is 9. The minimum Gasteiger partial charge on any atom is -0.368 e. The summed E-state index contributed by atoms with van der Waals surface area (Å²) < 4.78 is 1.43. The predicted molar refractivity (Wildman–Crippen MR) is 117 cm³/mol. The second-order valence-electron chi connectivity index (χ2n) is 6.99. The first-order valence-electron chi connectivity index (χ1n) is 9.74. The molecule has 32 heavy (non-hydrogen) atoms. The Morgan fingerprint density at radius 3 is 2.72 bits per heavy atom. The molecule has 0 bridgehead atoms. The molecule has 11 nitrogen and oxygen atoms in total. The van der Waals surface area contributed by atoms with Gasteiger partial charge in [-0.05, 0) is 25.5 Å². The van der Waals surface area contributed by atoms with Crippen molar-refractivity contribution in [2.75, 3.05) is 11.1 Å². The van der Waals surface area contributed by atoms with Gasteiger partial charge in [-0.2, -0.15) is 20.6 Å². The molecule has 3 heterocycles. The topological polar surface area (TPSA) is 175 Å². The Balaban J connectivity index is 1.98. The Labute approximate surface area is 182 Å². The van der Waals surface area contributed by atoms with Gasteiger partial charge >= 0.3 is 0 Å². The number of hydrogen-bond donors (Lipinski definition) is 3. The highest BCUT2D eigenvalue weighted by molar-refractivity contribution is 5.83. The molecule has 0 radical (unpaired) electrons. The molecule has 4 rings (SSSR count). The van der Waals surface area contributed by atoms with Crippen LogP contribution in [0.4, 0.5) is 11.8 Å². The molecule has 0 spiro atoms. The number of aromatic amines is 1. The predicted octanol–water partition coefficient (Wildman–Crippen LogP) is 2.10. The molecule has 0 aliphatic carbocycles. The maximum atomic E-state index is 13.5. The first-order valence-corrected chi connectivity index (χ1v) is 9.74. The first kappa shape index (κ1) is 20.5. The number of nitrogens with zero attached hydrogens (tertiary/aromatic N) is 7. The van der Waals surface area contributed by atoms with Crippen molar-refractivity contribution in [2.45, 2.75) is 26.3 Å². The molecule has 0 saturated heterocycles. The normalized spacial score (nSPS) is 11.6. The molecule has 1 atom stereocenters. The lowest BCUT2D eigenvalue weighted by atomic mass is 10.1. The van der Waals surface area contributed by atoms with Crippen molar-refractivity contribution < 1.29 is 0 Å². The molecule has 0 aliphatic heterocycles. The second kappa shape index (κ2) is 8.16. The van der Waals surface area contributed by atoms with Crippen molar-refractivity contribution in [3.63, 3.8) is 0 Å². The van der Waals surface area contributed by atoms with Gasteiger partial charge in [0.1, 0.15) is 29.3 Å². The van der Waals surface area contributed by atoms with Gasteiger partial charge in [-0.25, -0.2) is 9.97 Å². The van der Waals surface area contributed by atoms with E-state index in [0.717, 1.165) is 0 Å². The molecule has 0 saturated carbocycles. The SMILES string of the molecule is CCC(Nc1nc(N)nc(C)c1C#N)c1nc2c(C#N)cccc2c(=O)n1-c1cn[nH]c1. The van der Waals surface area contributed by atoms with E-state index in [4.69, 9.17) is 10.7 Å². The highest BCUT2D eigenvalue weighted by Gasteiger charge is 2.23. The molecule has 0 amide bonds. The minimum absolute atomic E-state index is 0.0179. The fourth-order valence-electron chi connectivity index (χ4n) is 3.51. The number of fused-ring (bicyclic) bond motifs is 1. The Morgan fingerprint density at radius 2 is 2.06 bits per heavy atom. The summed E-state index contributed by atoms with van der Waals surface area (Å²) in [5.74, 6) is 0.600. The molecular weight excluding hydrogens is 408 g/mol. The van der Waals surface area contributed by atoms with Gasteiger partial charge in [0.05, 0.1) is 40.1 Å². The van der Waals surface area contributed by atoms with Crippen molar-refractivity contribution in [1.29, 1.82) is 10.5 Å². The summed E-state index contributed by atoms with van der Waals surface area (Å²) in [6.07, 6.45) is 3.57. The van der Waals surface area contributed by atoms with E-state index in [9.17, 15) is 15.3 Å². The van der Waals surface area contributed by atoms with Crippen LogP contribution >= 0.6 is 0 Å². The van der Waals surface area contributed by atoms with E-state index in [2.05, 4.69) is 37.6 Å². The van der Waals surface area contributed by atoms with E-state index in [-0.39, 0.29) is 28.5 Å². The number of nitrogens with one attached hydrogen (secondary N) is 2. The van der Waals surface area contributed by atoms with Crippen molar-refractivity contribution in [1.82, 2.24) is 29.7 Å². The Bertz CT molecular complexity index is 1460. The van der Waals surface area contributed by atoms with E-state index in [1.54, 1.807) is 31.3 Å². The number of nitrogen functional groups attached to an aromatic ring is 1. The van der Waals surface area contributed by atoms with E-state index in [1.165, 1.54) is 10.8 Å². The Kier molecular flexibility index (Phi) is 5.23. The summed E-state index contributed by atoms with van der Waals surface area (Å²) >= 11 is 0. The molecule has 4 N–H and O–H groups in total. The summed E-state index contributed by atoms with van der Waals surface area (Å²) in [5.41, 5.74) is 7.20. The Morgan fingerprint density at radius 1 is 1.25 bits per heavy atom. The lowest BCUT2D eigenvalue weighted by Crippen LogP contribution is -2.28. The van der Waals surface area contributed by atoms with Crippen LogP contribution in [0.3, 0.4) is 0 Å². The molecule has 158 valence electrons. The molecule has 3 aromatic heterocycles. The number of H-pyrrole nitrogens is 1. The van der Waals surface area contributed by atoms with Crippen LogP contribution in [-0.2, 0) is 0 Å². The molecule has 0 fully saturated rings. The highest BCUT2D eigenvalue weighted by Crippen LogP contribution is 2.26. The quantitative estimate of drug-likeness (QED) is 0.431. The fraction of sp³-hybridized carbons (Fsp3) is 0.190. The van der Waals surface area contributed by atoms with Crippen molar-refractivity contribution in [2.24, 2.45) is 0 Å². The molecule has 1 aromatic carbocycles. The summed E-state index contributed by atoms with van der Waals surface area (Å²) in [5, 5.41) is 29.3. The number of aryl methyl sites for hydroxylation is 1. The fourth-order valence-corrected chi connectivity index (χ4v) is 3.51. The van der Waals surface area contributed by atoms with Gasteiger partial charge < -0.3 is 11.1 Å². The number of nitrogens with two attached hydrogens (primary N) is 1. The maximum absolute atomic E-state index is 13.5. The summed E-state index contributed by atoms with van der Waals surface area (Å²) in [6, 6.07) is 8.50. The average Bonchev–Trinajstić information content (AvgIpc) is 3.31. The van der Waals surface area contributed by atoms with Gasteiger partial charge in [-0.15, -0.1) is 0 Å². The van der Waals surface area contributed by atoms with E-state index in [0.29, 0.717) is 34.5 Å². The van der Waals surface area contributed by atoms with Crippen LogP contribution in [0, 0.1) is 29.6 Å². The van der Waals surface area contributed by atoms with Crippen LogP contribution in [0.1, 0.15) is 42.0 Å². The molecular formula is C21H18N10O. The molecule has 11 heteroatoms. The number of anilines is 2. The van der Waals surface area contributed by atoms with E-state index < -0.39 is 6.04 Å². The standard InChI is InChI=1S/C21H18N10O/c1-3-16(28-18-15(8-23)11(2)27-21(24)30-18)19-29-17-12(7-22)5-4-6-14(17)20(32)31(19)13-9-25-26-10-13/h4-6,9-10,16H,3H2,1-2H3,(H,25,26)(H3,24,27,28,30). The maximum Gasteiger partial charge on any atom is 0.266 e. The molecule has 1 unspecified atom stereocenters. The third-order valence-electron chi connectivity index (χ3n) is 5.04. The number of aromatic nitrogens is 6. The zero-order chi connectivity index (χ0) is 22.8. The highest BCUT2D eigenvalue weighted by atomic mass is 16.1. The number of benzene rings is 1. The van der Waals surface area contributed by atoms with Gasteiger partial charge in [0.25, 0.3) is 5.56 Å². The number of nitriles is 2. The zero-order valence-electron chi connectivity index (χ0n) is 17.3. The van der Waals surface area contributed by atoms with Crippen molar-refractivity contribution in [3.05, 3.63) is 63.6 Å². The molecule has 0 aliphatic rings. The van der Waals surface area contributed by atoms with Crippen molar-refractivity contribution in [3.8, 4) is 17.8 Å². The smallest absolute Gasteiger partial charge is 0.266 e. The van der Waals surface area contributed by atoms with Gasteiger partial charge in [0.2, 0.25) is 5.95 Å². The van der Waals surface area contributed by atoms with Gasteiger partial charge in [0.15, 0.2) is 0 Å². The monoisotopic (exact) mass is 426 g/mol. The molecule has 4 aromatic rings. The lowest BCUT2D eigenvalue weighted by Gasteiger charge is -2.22. The first-order chi connectivity index (χ1) is 15.5. The second-order valence-corrected chi connectivity index (χ2v) is 6.99. The van der Waals surface area contributed by atoms with Gasteiger partial charge in [0, 0.05) is 6.20 Å². The Hall–Kier alpha value is -4.77. The van der Waals surface area contributed by atoms with Crippen molar-refractivity contribution >= 4 is 22.7 Å². The summed E-state index contributed by atoms with van der Waals surface area (Å²) in [6.45, 7) is 3.56. The largest absolute Gasteiger partial charge is 0.368 e. The minimum atomic E-state index is -0.547. The van der Waals surface area contributed by atoms with Crippen LogP contribution in [0.5, 0.6) is 0 Å². The number of rotatable bonds is 5. The van der Waals surface area contributed by atoms with Gasteiger partial charge in [-0.1, -0.05) is 13.0 Å². The van der Waals surface area contributed by atoms with E-state index >= 15 is 0 Å². The third kappa shape index (κ3) is 3.38. The van der Waals surface area contributed by atoms with E-state index in [1.807, 2.05) is 6.92 Å². The lowest BCUT2D eigenvalue weighted by molar-refractivity contribution is 0.658. The number of para-hydroxylation sites is 1. The summed E-state index contributed by atoms with van der Waals surface area (Å²) in [7, 11) is 0. The van der Waals surface area contributed by atoms with Crippen LogP contribution < -0.4 is 16.6 Å². The third-order valence-corrected chi connectivity index (χ3v) is 5.04. The van der Waals surface area contributed by atoms with Crippen LogP contribution in [0.25, 0.3) is 16.6 Å².